The molecule has 0 aliphatic heterocycles. The zero-order valence-corrected chi connectivity index (χ0v) is 10.7. The molecule has 1 fully saturated rings. The van der Waals surface area contributed by atoms with Crippen molar-refractivity contribution in [2.24, 2.45) is 11.5 Å². The predicted octanol–water partition coefficient (Wildman–Crippen LogP) is 0.887. The molecule has 0 radical (unpaired) electrons. The highest BCUT2D eigenvalue weighted by Gasteiger charge is 2.25. The molecular formula is C13H20N4O. The second kappa shape index (κ2) is 5.35. The van der Waals surface area contributed by atoms with Gasteiger partial charge in [-0.25, -0.2) is 0 Å². The van der Waals surface area contributed by atoms with Crippen LogP contribution in [0.4, 0.5) is 5.69 Å². The molecule has 18 heavy (non-hydrogen) atoms. The summed E-state index contributed by atoms with van der Waals surface area (Å²) in [4.78, 5) is 17.2. The highest BCUT2D eigenvalue weighted by Crippen LogP contribution is 2.25. The van der Waals surface area contributed by atoms with Crippen molar-refractivity contribution in [3.05, 3.63) is 24.0 Å². The van der Waals surface area contributed by atoms with Crippen molar-refractivity contribution in [1.29, 1.82) is 0 Å². The van der Waals surface area contributed by atoms with Crippen molar-refractivity contribution < 1.29 is 4.79 Å². The van der Waals surface area contributed by atoms with Gasteiger partial charge in [0.1, 0.15) is 5.69 Å². The molecule has 1 aromatic rings. The van der Waals surface area contributed by atoms with Crippen LogP contribution in [0, 0.1) is 0 Å². The minimum atomic E-state index is -0.502. The van der Waals surface area contributed by atoms with Gasteiger partial charge in [0.15, 0.2) is 0 Å². The van der Waals surface area contributed by atoms with Gasteiger partial charge in [-0.05, 0) is 25.0 Å². The molecular weight excluding hydrogens is 228 g/mol. The quantitative estimate of drug-likeness (QED) is 0.831. The number of likely N-dealkylation sites (N-methyl/N-ethyl adjacent to an activating group) is 1. The summed E-state index contributed by atoms with van der Waals surface area (Å²) in [6, 6.07) is 4.12. The van der Waals surface area contributed by atoms with Gasteiger partial charge in [-0.1, -0.05) is 12.8 Å². The van der Waals surface area contributed by atoms with Gasteiger partial charge >= 0.3 is 0 Å². The van der Waals surface area contributed by atoms with Crippen LogP contribution in [0.25, 0.3) is 0 Å². The van der Waals surface area contributed by atoms with Crippen LogP contribution in [-0.2, 0) is 0 Å². The Labute approximate surface area is 107 Å². The van der Waals surface area contributed by atoms with Crippen LogP contribution >= 0.6 is 0 Å². The molecule has 1 aliphatic rings. The lowest BCUT2D eigenvalue weighted by atomic mass is 9.90. The van der Waals surface area contributed by atoms with Crippen molar-refractivity contribution in [3.63, 3.8) is 0 Å². The van der Waals surface area contributed by atoms with Crippen LogP contribution in [0.1, 0.15) is 36.2 Å². The summed E-state index contributed by atoms with van der Waals surface area (Å²) in [5.41, 5.74) is 12.7. The molecule has 5 nitrogen and oxygen atoms in total. The third-order valence-electron chi connectivity index (χ3n) is 3.68. The molecule has 1 amide bonds. The molecule has 1 heterocycles. The highest BCUT2D eigenvalue weighted by atomic mass is 16.1. The van der Waals surface area contributed by atoms with Crippen molar-refractivity contribution in [2.45, 2.75) is 37.8 Å². The topological polar surface area (TPSA) is 85.2 Å². The molecule has 1 saturated carbocycles. The van der Waals surface area contributed by atoms with E-state index in [9.17, 15) is 4.79 Å². The van der Waals surface area contributed by atoms with E-state index < -0.39 is 5.91 Å². The number of carbonyl (C=O) groups is 1. The zero-order chi connectivity index (χ0) is 13.1. The molecule has 0 aromatic carbocycles. The first-order chi connectivity index (χ1) is 8.59. The third kappa shape index (κ3) is 2.61. The standard InChI is InChI=1S/C13H20N4O/c1-17(12-5-3-2-4-10(12)14)9-6-7-16-11(8-9)13(15)18/h6-8,10,12H,2-5,14H2,1H3,(H2,15,18). The number of aromatic nitrogens is 1. The first-order valence-corrected chi connectivity index (χ1v) is 6.34. The lowest BCUT2D eigenvalue weighted by Crippen LogP contribution is -2.48. The fourth-order valence-corrected chi connectivity index (χ4v) is 2.59. The Bertz CT molecular complexity index is 435. The molecule has 0 bridgehead atoms. The smallest absolute Gasteiger partial charge is 0.267 e. The van der Waals surface area contributed by atoms with Crippen molar-refractivity contribution >= 4 is 11.6 Å². The van der Waals surface area contributed by atoms with E-state index in [1.54, 1.807) is 12.3 Å². The number of amides is 1. The maximum Gasteiger partial charge on any atom is 0.267 e. The van der Waals surface area contributed by atoms with Crippen LogP contribution in [0.5, 0.6) is 0 Å². The van der Waals surface area contributed by atoms with Gasteiger partial charge in [0, 0.05) is 31.0 Å². The Balaban J connectivity index is 2.19. The summed E-state index contributed by atoms with van der Waals surface area (Å²) in [5.74, 6) is -0.502. The van der Waals surface area contributed by atoms with Gasteiger partial charge in [0.05, 0.1) is 0 Å². The van der Waals surface area contributed by atoms with E-state index >= 15 is 0 Å². The van der Waals surface area contributed by atoms with Gasteiger partial charge in [0.2, 0.25) is 0 Å². The lowest BCUT2D eigenvalue weighted by molar-refractivity contribution is 0.0995. The maximum absolute atomic E-state index is 11.1. The summed E-state index contributed by atoms with van der Waals surface area (Å²) in [5, 5.41) is 0. The molecule has 2 rings (SSSR count). The molecule has 1 aliphatic carbocycles. The van der Waals surface area contributed by atoms with Gasteiger partial charge < -0.3 is 16.4 Å². The molecule has 5 heteroatoms. The average molecular weight is 248 g/mol. The number of hydrogen-bond donors (Lipinski definition) is 2. The van der Waals surface area contributed by atoms with E-state index in [0.717, 1.165) is 18.5 Å². The number of carbonyl (C=O) groups excluding carboxylic acids is 1. The largest absolute Gasteiger partial charge is 0.370 e. The molecule has 2 atom stereocenters. The van der Waals surface area contributed by atoms with Crippen LogP contribution in [0.15, 0.2) is 18.3 Å². The first-order valence-electron chi connectivity index (χ1n) is 6.34. The first kappa shape index (κ1) is 12.8. The normalized spacial score (nSPS) is 23.7. The minimum absolute atomic E-state index is 0.189. The van der Waals surface area contributed by atoms with Gasteiger partial charge in [-0.2, -0.15) is 0 Å². The second-order valence-corrected chi connectivity index (χ2v) is 4.89. The monoisotopic (exact) mass is 248 g/mol. The van der Waals surface area contributed by atoms with Gasteiger partial charge in [0.25, 0.3) is 5.91 Å². The lowest BCUT2D eigenvalue weighted by Gasteiger charge is -2.37. The maximum atomic E-state index is 11.1. The molecule has 0 spiro atoms. The Morgan fingerprint density at radius 3 is 2.83 bits per heavy atom. The van der Waals surface area contributed by atoms with E-state index in [1.165, 1.54) is 12.8 Å². The fraction of sp³-hybridized carbons (Fsp3) is 0.538. The number of anilines is 1. The van der Waals surface area contributed by atoms with Crippen molar-refractivity contribution in [2.75, 3.05) is 11.9 Å². The molecule has 1 aromatic heterocycles. The number of nitrogens with zero attached hydrogens (tertiary/aromatic N) is 2. The van der Waals surface area contributed by atoms with E-state index in [4.69, 9.17) is 11.5 Å². The molecule has 98 valence electrons. The molecule has 4 N–H and O–H groups in total. The summed E-state index contributed by atoms with van der Waals surface area (Å²) in [6.45, 7) is 0. The molecule has 2 unspecified atom stereocenters. The number of hydrogen-bond acceptors (Lipinski definition) is 4. The van der Waals surface area contributed by atoms with Gasteiger partial charge in [-0.15, -0.1) is 0 Å². The molecule has 0 saturated heterocycles. The SMILES string of the molecule is CN(c1ccnc(C(N)=O)c1)C1CCCCC1N. The zero-order valence-electron chi connectivity index (χ0n) is 10.7. The number of rotatable bonds is 3. The van der Waals surface area contributed by atoms with Crippen molar-refractivity contribution in [3.8, 4) is 0 Å². The summed E-state index contributed by atoms with van der Waals surface area (Å²) in [7, 11) is 2.01. The number of primary amides is 1. The van der Waals surface area contributed by atoms with Gasteiger partial charge in [-0.3, -0.25) is 9.78 Å². The predicted molar refractivity (Wildman–Crippen MR) is 71.4 cm³/mol. The number of pyridine rings is 1. The Morgan fingerprint density at radius 2 is 2.17 bits per heavy atom. The average Bonchev–Trinajstić information content (AvgIpc) is 2.38. The minimum Gasteiger partial charge on any atom is -0.370 e. The van der Waals surface area contributed by atoms with E-state index in [0.29, 0.717) is 11.7 Å². The van der Waals surface area contributed by atoms with Crippen molar-refractivity contribution in [1.82, 2.24) is 4.98 Å². The van der Waals surface area contributed by atoms with E-state index in [-0.39, 0.29) is 6.04 Å². The summed E-state index contributed by atoms with van der Waals surface area (Å²) >= 11 is 0. The Hall–Kier alpha value is -1.62. The van der Waals surface area contributed by atoms with Crippen LogP contribution in [-0.4, -0.2) is 30.0 Å². The second-order valence-electron chi connectivity index (χ2n) is 4.89. The van der Waals surface area contributed by atoms with Crippen LogP contribution in [0.3, 0.4) is 0 Å². The van der Waals surface area contributed by atoms with E-state index in [2.05, 4.69) is 9.88 Å². The fourth-order valence-electron chi connectivity index (χ4n) is 2.59. The Kier molecular flexibility index (Phi) is 3.81. The van der Waals surface area contributed by atoms with Crippen LogP contribution in [0.2, 0.25) is 0 Å². The van der Waals surface area contributed by atoms with E-state index in [1.807, 2.05) is 13.1 Å². The third-order valence-corrected chi connectivity index (χ3v) is 3.68. The summed E-state index contributed by atoms with van der Waals surface area (Å²) < 4.78 is 0. The summed E-state index contributed by atoms with van der Waals surface area (Å²) in [6.07, 6.45) is 6.17. The number of nitrogens with two attached hydrogens (primary N) is 2. The highest BCUT2D eigenvalue weighted by molar-refractivity contribution is 5.91. The Morgan fingerprint density at radius 1 is 1.44 bits per heavy atom. The van der Waals surface area contributed by atoms with Crippen LogP contribution < -0.4 is 16.4 Å².